The van der Waals surface area contributed by atoms with Gasteiger partial charge in [0.1, 0.15) is 5.60 Å². The maximum absolute atomic E-state index is 11.0. The molecule has 2 unspecified atom stereocenters. The molecule has 1 heterocycles. The molecule has 18 heavy (non-hydrogen) atoms. The van der Waals surface area contributed by atoms with Gasteiger partial charge < -0.3 is 5.11 Å². The molecule has 2 atom stereocenters. The highest BCUT2D eigenvalue weighted by atomic mass is 79.9. The second-order valence-electron chi connectivity index (χ2n) is 6.09. The topological polar surface area (TPSA) is 38.1 Å². The van der Waals surface area contributed by atoms with Crippen LogP contribution in [0.1, 0.15) is 51.6 Å². The third kappa shape index (κ3) is 2.80. The van der Waals surface area contributed by atoms with Gasteiger partial charge in [0.2, 0.25) is 0 Å². The van der Waals surface area contributed by atoms with E-state index in [4.69, 9.17) is 0 Å². The van der Waals surface area contributed by atoms with Gasteiger partial charge in [-0.25, -0.2) is 0 Å². The van der Waals surface area contributed by atoms with Crippen LogP contribution in [0.4, 0.5) is 0 Å². The van der Waals surface area contributed by atoms with Crippen LogP contribution in [0, 0.1) is 11.8 Å². The molecule has 1 fully saturated rings. The van der Waals surface area contributed by atoms with Gasteiger partial charge in [-0.1, -0.05) is 20.3 Å². The van der Waals surface area contributed by atoms with Crippen LogP contribution in [0.15, 0.2) is 10.7 Å². The lowest BCUT2D eigenvalue weighted by atomic mass is 9.73. The Morgan fingerprint density at radius 2 is 2.33 bits per heavy atom. The highest BCUT2D eigenvalue weighted by molar-refractivity contribution is 9.10. The van der Waals surface area contributed by atoms with Crippen LogP contribution in [-0.2, 0) is 12.6 Å². The molecule has 0 spiro atoms. The molecule has 0 aliphatic heterocycles. The molecule has 1 N–H and O–H groups in total. The minimum Gasteiger partial charge on any atom is -0.384 e. The number of nitrogens with zero attached hydrogens (tertiary/aromatic N) is 2. The van der Waals surface area contributed by atoms with E-state index in [1.54, 1.807) is 6.20 Å². The minimum atomic E-state index is -0.706. The quantitative estimate of drug-likeness (QED) is 0.925. The normalized spacial score (nSPS) is 28.9. The molecule has 0 amide bonds. The monoisotopic (exact) mass is 314 g/mol. The average Bonchev–Trinajstić information content (AvgIpc) is 2.58. The number of aryl methyl sites for hydroxylation is 1. The van der Waals surface area contributed by atoms with Gasteiger partial charge in [0.05, 0.1) is 16.4 Å². The number of hydrogen-bond donors (Lipinski definition) is 1. The lowest BCUT2D eigenvalue weighted by Crippen LogP contribution is -2.35. The highest BCUT2D eigenvalue weighted by Gasteiger charge is 2.39. The summed E-state index contributed by atoms with van der Waals surface area (Å²) in [5.41, 5.74) is 0.234. The molecule has 0 radical (unpaired) electrons. The fourth-order valence-corrected chi connectivity index (χ4v) is 4.10. The van der Waals surface area contributed by atoms with Crippen LogP contribution >= 0.6 is 15.9 Å². The van der Waals surface area contributed by atoms with Crippen molar-refractivity contribution >= 4 is 15.9 Å². The van der Waals surface area contributed by atoms with Gasteiger partial charge in [0, 0.05) is 7.05 Å². The number of rotatable bonds is 3. The van der Waals surface area contributed by atoms with Gasteiger partial charge in [-0.05, 0) is 53.4 Å². The second kappa shape index (κ2) is 5.33. The number of aliphatic hydroxyl groups is 1. The molecule has 1 aromatic heterocycles. The van der Waals surface area contributed by atoms with Crippen molar-refractivity contribution in [2.45, 2.75) is 51.6 Å². The molecule has 2 rings (SSSR count). The summed E-state index contributed by atoms with van der Waals surface area (Å²) in [6, 6.07) is 0. The first kappa shape index (κ1) is 14.1. The predicted molar refractivity (Wildman–Crippen MR) is 76.2 cm³/mol. The molecule has 1 aliphatic rings. The summed E-state index contributed by atoms with van der Waals surface area (Å²) in [6.45, 7) is 4.52. The van der Waals surface area contributed by atoms with Crippen LogP contribution in [0.5, 0.6) is 0 Å². The van der Waals surface area contributed by atoms with Crippen LogP contribution < -0.4 is 0 Å². The van der Waals surface area contributed by atoms with E-state index >= 15 is 0 Å². The van der Waals surface area contributed by atoms with E-state index in [1.807, 2.05) is 11.7 Å². The lowest BCUT2D eigenvalue weighted by molar-refractivity contribution is -0.0315. The van der Waals surface area contributed by atoms with Crippen LogP contribution in [0.3, 0.4) is 0 Å². The molecule has 1 aromatic rings. The summed E-state index contributed by atoms with van der Waals surface area (Å²) in [5.74, 6) is 1.33. The smallest absolute Gasteiger partial charge is 0.108 e. The summed E-state index contributed by atoms with van der Waals surface area (Å²) in [4.78, 5) is 0. The molecule has 0 aromatic carbocycles. The molecule has 1 saturated carbocycles. The van der Waals surface area contributed by atoms with Crippen molar-refractivity contribution in [2.75, 3.05) is 0 Å². The van der Waals surface area contributed by atoms with Crippen LogP contribution in [0.25, 0.3) is 0 Å². The summed E-state index contributed by atoms with van der Waals surface area (Å²) in [5, 5.41) is 15.2. The van der Waals surface area contributed by atoms with Crippen molar-refractivity contribution in [1.82, 2.24) is 9.78 Å². The molecule has 3 nitrogen and oxygen atoms in total. The van der Waals surface area contributed by atoms with Gasteiger partial charge in [0.15, 0.2) is 0 Å². The first-order chi connectivity index (χ1) is 8.42. The maximum Gasteiger partial charge on any atom is 0.108 e. The Kier molecular flexibility index (Phi) is 4.17. The van der Waals surface area contributed by atoms with Crippen molar-refractivity contribution in [3.8, 4) is 0 Å². The van der Waals surface area contributed by atoms with Crippen molar-refractivity contribution in [2.24, 2.45) is 18.9 Å². The molecule has 0 bridgehead atoms. The van der Waals surface area contributed by atoms with E-state index < -0.39 is 5.60 Å². The molecule has 1 aliphatic carbocycles. The number of halogens is 1. The molecular formula is C14H23BrN2O. The summed E-state index contributed by atoms with van der Waals surface area (Å²) in [6.07, 6.45) is 7.04. The minimum absolute atomic E-state index is 0.630. The van der Waals surface area contributed by atoms with E-state index in [2.05, 4.69) is 34.9 Å². The van der Waals surface area contributed by atoms with Gasteiger partial charge in [-0.3, -0.25) is 4.68 Å². The lowest BCUT2D eigenvalue weighted by Gasteiger charge is -2.37. The summed E-state index contributed by atoms with van der Waals surface area (Å²) < 4.78 is 2.74. The summed E-state index contributed by atoms with van der Waals surface area (Å²) in [7, 11) is 1.91. The molecule has 0 saturated heterocycles. The van der Waals surface area contributed by atoms with E-state index in [1.165, 1.54) is 12.8 Å². The van der Waals surface area contributed by atoms with Crippen molar-refractivity contribution < 1.29 is 5.11 Å². The zero-order valence-electron chi connectivity index (χ0n) is 11.5. The van der Waals surface area contributed by atoms with Crippen molar-refractivity contribution in [3.05, 3.63) is 16.4 Å². The number of hydrogen-bond acceptors (Lipinski definition) is 2. The Bertz CT molecular complexity index is 396. The van der Waals surface area contributed by atoms with Gasteiger partial charge in [-0.15, -0.1) is 0 Å². The largest absolute Gasteiger partial charge is 0.384 e. The van der Waals surface area contributed by atoms with Gasteiger partial charge in [0.25, 0.3) is 0 Å². The Hall–Kier alpha value is -0.350. The van der Waals surface area contributed by atoms with Crippen molar-refractivity contribution in [1.29, 1.82) is 0 Å². The van der Waals surface area contributed by atoms with Crippen molar-refractivity contribution in [3.63, 3.8) is 0 Å². The fraction of sp³-hybridized carbons (Fsp3) is 0.786. The van der Waals surface area contributed by atoms with Crippen LogP contribution in [0.2, 0.25) is 0 Å². The molecule has 102 valence electrons. The second-order valence-corrected chi connectivity index (χ2v) is 6.94. The third-order valence-electron chi connectivity index (χ3n) is 3.97. The SMILES string of the molecule is CC(C)CC1CCCC(O)(c2c(Br)cnn2C)C1. The Labute approximate surface area is 118 Å². The van der Waals surface area contributed by atoms with E-state index in [9.17, 15) is 5.11 Å². The van der Waals surface area contributed by atoms with E-state index in [0.717, 1.165) is 29.4 Å². The van der Waals surface area contributed by atoms with Gasteiger partial charge >= 0.3 is 0 Å². The number of aromatic nitrogens is 2. The molecule has 4 heteroatoms. The maximum atomic E-state index is 11.0. The average molecular weight is 315 g/mol. The van der Waals surface area contributed by atoms with Crippen LogP contribution in [-0.4, -0.2) is 14.9 Å². The zero-order chi connectivity index (χ0) is 13.3. The highest BCUT2D eigenvalue weighted by Crippen LogP contribution is 2.43. The zero-order valence-corrected chi connectivity index (χ0v) is 13.1. The Morgan fingerprint density at radius 1 is 1.61 bits per heavy atom. The van der Waals surface area contributed by atoms with E-state index in [0.29, 0.717) is 11.8 Å². The predicted octanol–water partition coefficient (Wildman–Crippen LogP) is 3.61. The summed E-state index contributed by atoms with van der Waals surface area (Å²) >= 11 is 3.52. The fourth-order valence-electron chi connectivity index (χ4n) is 3.38. The first-order valence-corrected chi connectivity index (χ1v) is 7.62. The molecular weight excluding hydrogens is 292 g/mol. The van der Waals surface area contributed by atoms with E-state index in [-0.39, 0.29) is 0 Å². The Balaban J connectivity index is 2.20. The standard InChI is InChI=1S/C14H23BrN2O/c1-10(2)7-11-5-4-6-14(18,8-11)13-12(15)9-16-17(13)3/h9-11,18H,4-8H2,1-3H3. The van der Waals surface area contributed by atoms with Gasteiger partial charge in [-0.2, -0.15) is 5.10 Å². The Morgan fingerprint density at radius 3 is 2.89 bits per heavy atom. The third-order valence-corrected chi connectivity index (χ3v) is 4.55. The first-order valence-electron chi connectivity index (χ1n) is 6.83.